The normalized spacial score (nSPS) is 17.5. The maximum Gasteiger partial charge on any atom is 0.308 e. The number of aromatic nitrogens is 1. The van der Waals surface area contributed by atoms with Crippen LogP contribution in [0.15, 0.2) is 24.3 Å². The lowest BCUT2D eigenvalue weighted by Gasteiger charge is -2.17. The number of carbonyl (C=O) groups excluding carboxylic acids is 1. The molecule has 1 aromatic heterocycles. The number of nitrogens with zero attached hydrogens (tertiary/aromatic N) is 2. The molecule has 6 heteroatoms. The zero-order chi connectivity index (χ0) is 16.6. The summed E-state index contributed by atoms with van der Waals surface area (Å²) in [5.74, 6) is -0.787. The Morgan fingerprint density at radius 1 is 1.35 bits per heavy atom. The van der Waals surface area contributed by atoms with Gasteiger partial charge in [0.1, 0.15) is 5.75 Å². The number of rotatable bonds is 3. The summed E-state index contributed by atoms with van der Waals surface area (Å²) >= 11 is 0. The van der Waals surface area contributed by atoms with Crippen molar-refractivity contribution in [3.8, 4) is 5.75 Å². The zero-order valence-corrected chi connectivity index (χ0v) is 13.1. The van der Waals surface area contributed by atoms with Crippen molar-refractivity contribution in [3.63, 3.8) is 0 Å². The SMILES string of the molecule is COc1ccc2c(C(=O)N3CCC(C(=O)O)C3)cc(C)nc2c1. The lowest BCUT2D eigenvalue weighted by atomic mass is 10.1. The number of aliphatic carboxylic acids is 1. The summed E-state index contributed by atoms with van der Waals surface area (Å²) in [6, 6.07) is 7.16. The topological polar surface area (TPSA) is 79.7 Å². The molecule has 1 saturated heterocycles. The minimum atomic E-state index is -0.846. The Morgan fingerprint density at radius 2 is 2.13 bits per heavy atom. The van der Waals surface area contributed by atoms with Gasteiger partial charge in [0.25, 0.3) is 5.91 Å². The lowest BCUT2D eigenvalue weighted by molar-refractivity contribution is -0.141. The molecule has 3 rings (SSSR count). The van der Waals surface area contributed by atoms with Crippen molar-refractivity contribution >= 4 is 22.8 Å². The largest absolute Gasteiger partial charge is 0.497 e. The minimum Gasteiger partial charge on any atom is -0.497 e. The third kappa shape index (κ3) is 2.84. The Bertz CT molecular complexity index is 788. The summed E-state index contributed by atoms with van der Waals surface area (Å²) in [7, 11) is 1.58. The first-order valence-electron chi connectivity index (χ1n) is 7.47. The molecule has 1 unspecified atom stereocenters. The van der Waals surface area contributed by atoms with Crippen molar-refractivity contribution in [2.24, 2.45) is 5.92 Å². The molecule has 0 bridgehead atoms. The van der Waals surface area contributed by atoms with E-state index in [0.717, 1.165) is 11.1 Å². The number of ether oxygens (including phenoxy) is 1. The van der Waals surface area contributed by atoms with E-state index in [9.17, 15) is 9.59 Å². The lowest BCUT2D eigenvalue weighted by Crippen LogP contribution is -2.30. The average molecular weight is 314 g/mol. The van der Waals surface area contributed by atoms with Crippen molar-refractivity contribution in [2.45, 2.75) is 13.3 Å². The van der Waals surface area contributed by atoms with Crippen LogP contribution in [0.3, 0.4) is 0 Å². The quantitative estimate of drug-likeness (QED) is 0.938. The second-order valence-electron chi connectivity index (χ2n) is 5.77. The number of pyridine rings is 1. The highest BCUT2D eigenvalue weighted by Crippen LogP contribution is 2.26. The molecule has 1 aliphatic rings. The molecule has 0 saturated carbocycles. The summed E-state index contributed by atoms with van der Waals surface area (Å²) < 4.78 is 5.20. The van der Waals surface area contributed by atoms with Gasteiger partial charge in [0, 0.05) is 30.2 Å². The fourth-order valence-electron chi connectivity index (χ4n) is 2.96. The summed E-state index contributed by atoms with van der Waals surface area (Å²) in [5.41, 5.74) is 1.99. The summed E-state index contributed by atoms with van der Waals surface area (Å²) in [5, 5.41) is 9.85. The van der Waals surface area contributed by atoms with Crippen LogP contribution < -0.4 is 4.74 Å². The number of aryl methyl sites for hydroxylation is 1. The van der Waals surface area contributed by atoms with Crippen LogP contribution in [0.5, 0.6) is 5.75 Å². The predicted octanol–water partition coefficient (Wildman–Crippen LogP) is 2.10. The molecule has 1 aromatic carbocycles. The monoisotopic (exact) mass is 314 g/mol. The maximum atomic E-state index is 12.8. The van der Waals surface area contributed by atoms with E-state index in [-0.39, 0.29) is 12.5 Å². The van der Waals surface area contributed by atoms with Crippen LogP contribution in [0, 0.1) is 12.8 Å². The van der Waals surface area contributed by atoms with Crippen molar-refractivity contribution < 1.29 is 19.4 Å². The van der Waals surface area contributed by atoms with Gasteiger partial charge in [-0.05, 0) is 31.5 Å². The molecule has 23 heavy (non-hydrogen) atoms. The van der Waals surface area contributed by atoms with Gasteiger partial charge in [-0.2, -0.15) is 0 Å². The fraction of sp³-hybridized carbons (Fsp3) is 0.353. The molecule has 1 amide bonds. The van der Waals surface area contributed by atoms with Gasteiger partial charge in [0.05, 0.1) is 24.1 Å². The first-order chi connectivity index (χ1) is 11.0. The molecule has 6 nitrogen and oxygen atoms in total. The predicted molar refractivity (Wildman–Crippen MR) is 84.7 cm³/mol. The van der Waals surface area contributed by atoms with Crippen LogP contribution >= 0.6 is 0 Å². The van der Waals surface area contributed by atoms with Crippen LogP contribution in [0.25, 0.3) is 10.9 Å². The number of carbonyl (C=O) groups is 2. The molecule has 0 aliphatic carbocycles. The Balaban J connectivity index is 1.99. The first-order valence-corrected chi connectivity index (χ1v) is 7.47. The van der Waals surface area contributed by atoms with E-state index < -0.39 is 11.9 Å². The van der Waals surface area contributed by atoms with E-state index in [0.29, 0.717) is 29.8 Å². The molecule has 1 aliphatic heterocycles. The van der Waals surface area contributed by atoms with Gasteiger partial charge in [0.2, 0.25) is 0 Å². The number of benzene rings is 1. The van der Waals surface area contributed by atoms with Crippen molar-refractivity contribution in [1.82, 2.24) is 9.88 Å². The smallest absolute Gasteiger partial charge is 0.308 e. The van der Waals surface area contributed by atoms with Crippen molar-refractivity contribution in [1.29, 1.82) is 0 Å². The highest BCUT2D eigenvalue weighted by atomic mass is 16.5. The number of likely N-dealkylation sites (tertiary alicyclic amines) is 1. The molecule has 1 N–H and O–H groups in total. The highest BCUT2D eigenvalue weighted by Gasteiger charge is 2.32. The Kier molecular flexibility index (Phi) is 3.90. The number of hydrogen-bond acceptors (Lipinski definition) is 4. The molecule has 0 spiro atoms. The second kappa shape index (κ2) is 5.87. The van der Waals surface area contributed by atoms with Gasteiger partial charge in [0.15, 0.2) is 0 Å². The van der Waals surface area contributed by atoms with Crippen molar-refractivity contribution in [3.05, 3.63) is 35.5 Å². The number of carboxylic acids is 1. The van der Waals surface area contributed by atoms with Crippen LogP contribution in [0.4, 0.5) is 0 Å². The number of hydrogen-bond donors (Lipinski definition) is 1. The van der Waals surface area contributed by atoms with Gasteiger partial charge < -0.3 is 14.7 Å². The van der Waals surface area contributed by atoms with Crippen LogP contribution in [0.2, 0.25) is 0 Å². The number of amides is 1. The van der Waals surface area contributed by atoms with Gasteiger partial charge in [-0.25, -0.2) is 0 Å². The first kappa shape index (κ1) is 15.3. The molecule has 2 heterocycles. The molecular formula is C17H18N2O4. The van der Waals surface area contributed by atoms with Gasteiger partial charge in [-0.1, -0.05) is 0 Å². The van der Waals surface area contributed by atoms with E-state index in [1.54, 1.807) is 30.2 Å². The third-order valence-corrected chi connectivity index (χ3v) is 4.20. The fourth-order valence-corrected chi connectivity index (χ4v) is 2.96. The summed E-state index contributed by atoms with van der Waals surface area (Å²) in [6.07, 6.45) is 0.497. The molecular weight excluding hydrogens is 296 g/mol. The van der Waals surface area contributed by atoms with Gasteiger partial charge >= 0.3 is 5.97 Å². The Morgan fingerprint density at radius 3 is 2.78 bits per heavy atom. The summed E-state index contributed by atoms with van der Waals surface area (Å²) in [6.45, 7) is 2.56. The third-order valence-electron chi connectivity index (χ3n) is 4.20. The summed E-state index contributed by atoms with van der Waals surface area (Å²) in [4.78, 5) is 30.0. The van der Waals surface area contributed by atoms with E-state index in [1.165, 1.54) is 0 Å². The number of carboxylic acid groups (broad SMARTS) is 1. The zero-order valence-electron chi connectivity index (χ0n) is 13.1. The average Bonchev–Trinajstić information content (AvgIpc) is 3.02. The minimum absolute atomic E-state index is 0.144. The van der Waals surface area contributed by atoms with Gasteiger partial charge in [-0.3, -0.25) is 14.6 Å². The van der Waals surface area contributed by atoms with Crippen molar-refractivity contribution in [2.75, 3.05) is 20.2 Å². The van der Waals surface area contributed by atoms with Crippen LogP contribution in [-0.4, -0.2) is 47.1 Å². The molecule has 1 fully saturated rings. The maximum absolute atomic E-state index is 12.8. The van der Waals surface area contributed by atoms with Crippen LogP contribution in [-0.2, 0) is 4.79 Å². The van der Waals surface area contributed by atoms with E-state index in [1.807, 2.05) is 13.0 Å². The molecule has 120 valence electrons. The standard InChI is InChI=1S/C17H18N2O4/c1-10-7-14(13-4-3-12(23-2)8-15(13)18-10)16(20)19-6-5-11(9-19)17(21)22/h3-4,7-8,11H,5-6,9H2,1-2H3,(H,21,22). The number of fused-ring (bicyclic) bond motifs is 1. The highest BCUT2D eigenvalue weighted by molar-refractivity contribution is 6.06. The Hall–Kier alpha value is -2.63. The molecule has 2 aromatic rings. The van der Waals surface area contributed by atoms with E-state index >= 15 is 0 Å². The Labute approximate surface area is 133 Å². The number of methoxy groups -OCH3 is 1. The molecule has 0 radical (unpaired) electrons. The second-order valence-corrected chi connectivity index (χ2v) is 5.77. The van der Waals surface area contributed by atoms with E-state index in [2.05, 4.69) is 4.98 Å². The molecule has 1 atom stereocenters. The van der Waals surface area contributed by atoms with Crippen LogP contribution in [0.1, 0.15) is 22.5 Å². The van der Waals surface area contributed by atoms with E-state index in [4.69, 9.17) is 9.84 Å². The van der Waals surface area contributed by atoms with Gasteiger partial charge in [-0.15, -0.1) is 0 Å².